The maximum atomic E-state index is 13.5. The zero-order valence-electron chi connectivity index (χ0n) is 14.6. The molecule has 1 aliphatic carbocycles. The topological polar surface area (TPSA) is 93.9 Å². The maximum Gasteiger partial charge on any atom is 0.408 e. The molecule has 0 spiro atoms. The lowest BCUT2D eigenvalue weighted by molar-refractivity contribution is -0.145. The molecule has 7 nitrogen and oxygen atoms in total. The van der Waals surface area contributed by atoms with Gasteiger partial charge in [-0.1, -0.05) is 6.42 Å². The summed E-state index contributed by atoms with van der Waals surface area (Å²) in [5, 5.41) is 2.66. The highest BCUT2D eigenvalue weighted by molar-refractivity contribution is 5.90. The van der Waals surface area contributed by atoms with E-state index in [0.717, 1.165) is 19.3 Å². The highest BCUT2D eigenvalue weighted by Crippen LogP contribution is 2.42. The zero-order chi connectivity index (χ0) is 17.3. The molecular weight excluding hydrogens is 310 g/mol. The SMILES string of the molecule is COC(=O)N[C@](N)(C(=O)N1C(C)CC2CCCC21)C1CCOCC1. The highest BCUT2D eigenvalue weighted by atomic mass is 16.5. The molecule has 136 valence electrons. The van der Waals surface area contributed by atoms with Gasteiger partial charge in [0.2, 0.25) is 0 Å². The maximum absolute atomic E-state index is 13.5. The van der Waals surface area contributed by atoms with E-state index < -0.39 is 11.8 Å². The first-order chi connectivity index (χ1) is 11.5. The summed E-state index contributed by atoms with van der Waals surface area (Å²) in [5.74, 6) is 0.258. The lowest BCUT2D eigenvalue weighted by Crippen LogP contribution is -2.71. The number of nitrogens with two attached hydrogens (primary N) is 1. The minimum atomic E-state index is -1.43. The second-order valence-corrected chi connectivity index (χ2v) is 7.43. The van der Waals surface area contributed by atoms with Crippen molar-refractivity contribution in [2.24, 2.45) is 17.6 Å². The number of hydrogen-bond acceptors (Lipinski definition) is 5. The minimum Gasteiger partial charge on any atom is -0.453 e. The lowest BCUT2D eigenvalue weighted by Gasteiger charge is -2.42. The molecule has 3 rings (SSSR count). The van der Waals surface area contributed by atoms with E-state index in [4.69, 9.17) is 15.2 Å². The van der Waals surface area contributed by atoms with Gasteiger partial charge in [-0.25, -0.2) is 4.79 Å². The number of nitrogens with one attached hydrogen (secondary N) is 1. The normalized spacial score (nSPS) is 33.0. The van der Waals surface area contributed by atoms with Gasteiger partial charge in [-0.3, -0.25) is 10.1 Å². The van der Waals surface area contributed by atoms with Gasteiger partial charge in [0.25, 0.3) is 5.91 Å². The van der Waals surface area contributed by atoms with Crippen LogP contribution in [0.25, 0.3) is 0 Å². The molecule has 3 fully saturated rings. The molecule has 4 atom stereocenters. The van der Waals surface area contributed by atoms with E-state index in [1.54, 1.807) is 0 Å². The quantitative estimate of drug-likeness (QED) is 0.754. The Morgan fingerprint density at radius 2 is 1.96 bits per heavy atom. The number of carbonyl (C=O) groups excluding carboxylic acids is 2. The van der Waals surface area contributed by atoms with Gasteiger partial charge in [-0.15, -0.1) is 0 Å². The van der Waals surface area contributed by atoms with Gasteiger partial charge in [0.1, 0.15) is 0 Å². The number of nitrogens with zero attached hydrogens (tertiary/aromatic N) is 1. The number of hydrogen-bond donors (Lipinski definition) is 2. The number of likely N-dealkylation sites (tertiary alicyclic amines) is 1. The van der Waals surface area contributed by atoms with Crippen LogP contribution in [0.4, 0.5) is 4.79 Å². The van der Waals surface area contributed by atoms with Gasteiger partial charge in [0.15, 0.2) is 5.66 Å². The molecule has 0 bridgehead atoms. The Bertz CT molecular complexity index is 494. The smallest absolute Gasteiger partial charge is 0.408 e. The van der Waals surface area contributed by atoms with Crippen LogP contribution in [-0.2, 0) is 14.3 Å². The van der Waals surface area contributed by atoms with Gasteiger partial charge < -0.3 is 20.1 Å². The average molecular weight is 339 g/mol. The molecule has 0 aromatic carbocycles. The van der Waals surface area contributed by atoms with Crippen molar-refractivity contribution < 1.29 is 19.1 Å². The van der Waals surface area contributed by atoms with Crippen LogP contribution in [0.2, 0.25) is 0 Å². The minimum absolute atomic E-state index is 0.148. The first kappa shape index (κ1) is 17.5. The number of rotatable bonds is 3. The van der Waals surface area contributed by atoms with E-state index in [0.29, 0.717) is 32.0 Å². The summed E-state index contributed by atoms with van der Waals surface area (Å²) in [6.07, 6.45) is 5.04. The third kappa shape index (κ3) is 2.99. The molecular formula is C17H29N3O4. The van der Waals surface area contributed by atoms with E-state index in [9.17, 15) is 9.59 Å². The summed E-state index contributed by atoms with van der Waals surface area (Å²) in [5.41, 5.74) is 5.13. The van der Waals surface area contributed by atoms with Gasteiger partial charge in [-0.2, -0.15) is 0 Å². The second kappa shape index (κ2) is 6.88. The van der Waals surface area contributed by atoms with E-state index in [-0.39, 0.29) is 23.9 Å². The summed E-state index contributed by atoms with van der Waals surface area (Å²) < 4.78 is 10.1. The fraction of sp³-hybridized carbons (Fsp3) is 0.882. The van der Waals surface area contributed by atoms with E-state index in [1.165, 1.54) is 13.5 Å². The Hall–Kier alpha value is -1.34. The molecule has 0 aromatic heterocycles. The number of ether oxygens (including phenoxy) is 2. The first-order valence-corrected chi connectivity index (χ1v) is 9.03. The van der Waals surface area contributed by atoms with Gasteiger partial charge in [0, 0.05) is 31.2 Å². The fourth-order valence-corrected chi connectivity index (χ4v) is 4.80. The van der Waals surface area contributed by atoms with Crippen molar-refractivity contribution in [3.8, 4) is 0 Å². The van der Waals surface area contributed by atoms with Crippen LogP contribution in [0.15, 0.2) is 0 Å². The molecule has 2 saturated heterocycles. The number of alkyl carbamates (subject to hydrolysis) is 1. The van der Waals surface area contributed by atoms with E-state index >= 15 is 0 Å². The van der Waals surface area contributed by atoms with Crippen molar-refractivity contribution in [3.63, 3.8) is 0 Å². The molecule has 2 amide bonds. The second-order valence-electron chi connectivity index (χ2n) is 7.43. The number of amides is 2. The summed E-state index contributed by atoms with van der Waals surface area (Å²) in [6, 6.07) is 0.421. The first-order valence-electron chi connectivity index (χ1n) is 9.03. The Balaban J connectivity index is 1.86. The number of fused-ring (bicyclic) bond motifs is 1. The Labute approximate surface area is 143 Å². The van der Waals surface area contributed by atoms with Crippen molar-refractivity contribution in [1.29, 1.82) is 0 Å². The van der Waals surface area contributed by atoms with E-state index in [2.05, 4.69) is 12.2 Å². The summed E-state index contributed by atoms with van der Waals surface area (Å²) in [6.45, 7) is 3.20. The standard InChI is InChI=1S/C17H29N3O4/c1-11-10-12-4-3-5-14(12)20(11)15(21)17(18,19-16(22)23-2)13-6-8-24-9-7-13/h11-14H,3-10,18H2,1-2H3,(H,19,22)/t11?,12?,14?,17-/m0/s1. The van der Waals surface area contributed by atoms with Crippen molar-refractivity contribution in [3.05, 3.63) is 0 Å². The zero-order valence-corrected chi connectivity index (χ0v) is 14.6. The van der Waals surface area contributed by atoms with Crippen molar-refractivity contribution >= 4 is 12.0 Å². The largest absolute Gasteiger partial charge is 0.453 e. The molecule has 0 radical (unpaired) electrons. The van der Waals surface area contributed by atoms with E-state index in [1.807, 2.05) is 4.90 Å². The Morgan fingerprint density at radius 3 is 2.62 bits per heavy atom. The third-order valence-corrected chi connectivity index (χ3v) is 6.04. The predicted octanol–water partition coefficient (Wildman–Crippen LogP) is 1.21. The molecule has 1 saturated carbocycles. The Kier molecular flexibility index (Phi) is 5.01. The van der Waals surface area contributed by atoms with Crippen LogP contribution >= 0.6 is 0 Å². The average Bonchev–Trinajstić information content (AvgIpc) is 3.14. The van der Waals surface area contributed by atoms with Crippen molar-refractivity contribution in [2.75, 3.05) is 20.3 Å². The fourth-order valence-electron chi connectivity index (χ4n) is 4.80. The van der Waals surface area contributed by atoms with Crippen LogP contribution in [0.1, 0.15) is 45.4 Å². The molecule has 3 unspecified atom stereocenters. The number of methoxy groups -OCH3 is 1. The molecule has 24 heavy (non-hydrogen) atoms. The van der Waals surface area contributed by atoms with Gasteiger partial charge >= 0.3 is 6.09 Å². The highest BCUT2D eigenvalue weighted by Gasteiger charge is 2.52. The molecule has 2 aliphatic heterocycles. The predicted molar refractivity (Wildman–Crippen MR) is 88.1 cm³/mol. The Morgan fingerprint density at radius 1 is 1.25 bits per heavy atom. The molecule has 0 aromatic rings. The van der Waals surface area contributed by atoms with Crippen LogP contribution < -0.4 is 11.1 Å². The lowest BCUT2D eigenvalue weighted by atomic mass is 9.84. The molecule has 3 N–H and O–H groups in total. The monoisotopic (exact) mass is 339 g/mol. The van der Waals surface area contributed by atoms with Crippen molar-refractivity contribution in [1.82, 2.24) is 10.2 Å². The van der Waals surface area contributed by atoms with Crippen LogP contribution in [0, 0.1) is 11.8 Å². The molecule has 7 heteroatoms. The van der Waals surface area contributed by atoms with Crippen LogP contribution in [0.3, 0.4) is 0 Å². The third-order valence-electron chi connectivity index (χ3n) is 6.04. The van der Waals surface area contributed by atoms with Crippen molar-refractivity contribution in [2.45, 2.75) is 63.2 Å². The molecule has 2 heterocycles. The molecule has 3 aliphatic rings. The van der Waals surface area contributed by atoms with Crippen LogP contribution in [-0.4, -0.2) is 55.0 Å². The van der Waals surface area contributed by atoms with Crippen LogP contribution in [0.5, 0.6) is 0 Å². The van der Waals surface area contributed by atoms with Gasteiger partial charge in [0.05, 0.1) is 7.11 Å². The summed E-state index contributed by atoms with van der Waals surface area (Å²) in [7, 11) is 1.29. The number of carbonyl (C=O) groups is 2. The summed E-state index contributed by atoms with van der Waals surface area (Å²) >= 11 is 0. The summed E-state index contributed by atoms with van der Waals surface area (Å²) in [4.78, 5) is 27.3. The van der Waals surface area contributed by atoms with Gasteiger partial charge in [-0.05, 0) is 44.9 Å².